The third kappa shape index (κ3) is 3.30. The number of carbonyl (C=O) groups is 1. The van der Waals surface area contributed by atoms with E-state index in [9.17, 15) is 13.2 Å². The van der Waals surface area contributed by atoms with Crippen molar-refractivity contribution in [3.63, 3.8) is 0 Å². The fraction of sp³-hybridized carbons (Fsp3) is 0.400. The Bertz CT molecular complexity index is 1230. The van der Waals surface area contributed by atoms with Crippen molar-refractivity contribution >= 4 is 38.6 Å². The van der Waals surface area contributed by atoms with Crippen LogP contribution in [0, 0.1) is 5.41 Å². The zero-order chi connectivity index (χ0) is 21.1. The van der Waals surface area contributed by atoms with Gasteiger partial charge in [0.2, 0.25) is 5.09 Å². The lowest BCUT2D eigenvalue weighted by atomic mass is 9.50. The molecule has 0 atom stereocenters. The Balaban J connectivity index is 1.16. The maximum absolute atomic E-state index is 12.4. The van der Waals surface area contributed by atoms with E-state index in [0.29, 0.717) is 5.02 Å². The molecule has 10 heteroatoms. The van der Waals surface area contributed by atoms with E-state index in [-0.39, 0.29) is 28.2 Å². The summed E-state index contributed by atoms with van der Waals surface area (Å²) in [5.74, 6) is 0.618. The first-order valence-electron chi connectivity index (χ1n) is 9.67. The van der Waals surface area contributed by atoms with Crippen LogP contribution in [-0.4, -0.2) is 32.4 Å². The number of nitrogens with zero attached hydrogens (tertiary/aromatic N) is 1. The number of halogens is 1. The van der Waals surface area contributed by atoms with Crippen molar-refractivity contribution < 1.29 is 22.0 Å². The number of benzene rings is 1. The molecule has 1 spiro atoms. The molecule has 2 aliphatic rings. The number of nitrogens with one attached hydrogen (secondary N) is 2. The number of oxazole rings is 1. The summed E-state index contributed by atoms with van der Waals surface area (Å²) >= 11 is 6.01. The van der Waals surface area contributed by atoms with Gasteiger partial charge in [-0.1, -0.05) is 11.6 Å². The smallest absolute Gasteiger partial charge is 0.287 e. The van der Waals surface area contributed by atoms with E-state index in [4.69, 9.17) is 20.4 Å². The van der Waals surface area contributed by atoms with Gasteiger partial charge in [0.1, 0.15) is 5.52 Å². The molecule has 1 aromatic carbocycles. The summed E-state index contributed by atoms with van der Waals surface area (Å²) in [6.45, 7) is 0. The topological polar surface area (TPSA) is 114 Å². The Morgan fingerprint density at radius 3 is 2.67 bits per heavy atom. The van der Waals surface area contributed by atoms with Crippen molar-refractivity contribution in [1.29, 1.82) is 0 Å². The van der Waals surface area contributed by atoms with Crippen molar-refractivity contribution in [3.05, 3.63) is 47.0 Å². The third-order valence-corrected chi connectivity index (χ3v) is 7.63. The number of amides is 1. The molecule has 0 aliphatic heterocycles. The zero-order valence-corrected chi connectivity index (χ0v) is 17.7. The van der Waals surface area contributed by atoms with Crippen LogP contribution in [0.15, 0.2) is 44.3 Å². The van der Waals surface area contributed by atoms with Gasteiger partial charge in [0.05, 0.1) is 0 Å². The lowest BCUT2D eigenvalue weighted by Gasteiger charge is -2.57. The summed E-state index contributed by atoms with van der Waals surface area (Å²) in [6, 6.07) is 8.11. The molecule has 8 nitrogen and oxygen atoms in total. The highest BCUT2D eigenvalue weighted by Crippen LogP contribution is 2.61. The molecule has 0 saturated heterocycles. The molecule has 2 aliphatic carbocycles. The average Bonchev–Trinajstić information content (AvgIpc) is 3.29. The molecule has 2 heterocycles. The van der Waals surface area contributed by atoms with Crippen molar-refractivity contribution in [1.82, 2.24) is 15.0 Å². The second kappa shape index (κ2) is 6.83. The number of hydrogen-bond acceptors (Lipinski definition) is 6. The largest absolute Gasteiger partial charge is 0.440 e. The minimum absolute atomic E-state index is 0.0126. The van der Waals surface area contributed by atoms with Gasteiger partial charge in [0, 0.05) is 17.0 Å². The highest BCUT2D eigenvalue weighted by molar-refractivity contribution is 7.89. The molecule has 2 N–H and O–H groups in total. The molecule has 0 bridgehead atoms. The van der Waals surface area contributed by atoms with E-state index >= 15 is 0 Å². The van der Waals surface area contributed by atoms with Gasteiger partial charge in [-0.15, -0.1) is 0 Å². The molecule has 2 aromatic heterocycles. The van der Waals surface area contributed by atoms with Gasteiger partial charge in [-0.05, 0) is 68.5 Å². The fourth-order valence-electron chi connectivity index (χ4n) is 4.62. The van der Waals surface area contributed by atoms with Gasteiger partial charge < -0.3 is 14.2 Å². The monoisotopic (exact) mass is 449 g/mol. The zero-order valence-electron chi connectivity index (χ0n) is 16.1. The molecule has 158 valence electrons. The highest BCUT2D eigenvalue weighted by atomic mass is 35.5. The Labute approximate surface area is 178 Å². The summed E-state index contributed by atoms with van der Waals surface area (Å²) in [5.41, 5.74) is 1.73. The first-order chi connectivity index (χ1) is 14.3. The van der Waals surface area contributed by atoms with Crippen molar-refractivity contribution in [2.75, 3.05) is 7.05 Å². The van der Waals surface area contributed by atoms with Crippen LogP contribution >= 0.6 is 11.6 Å². The Kier molecular flexibility index (Phi) is 4.46. The Morgan fingerprint density at radius 1 is 1.17 bits per heavy atom. The maximum Gasteiger partial charge on any atom is 0.287 e. The lowest BCUT2D eigenvalue weighted by Crippen LogP contribution is -2.55. The van der Waals surface area contributed by atoms with Crippen LogP contribution in [-0.2, 0) is 10.0 Å². The van der Waals surface area contributed by atoms with Crippen LogP contribution < -0.4 is 10.0 Å². The van der Waals surface area contributed by atoms with E-state index in [1.807, 2.05) is 6.07 Å². The molecule has 5 rings (SSSR count). The molecule has 0 radical (unpaired) electrons. The summed E-state index contributed by atoms with van der Waals surface area (Å²) in [7, 11) is -2.42. The SMILES string of the molecule is CNS(=O)(=O)c1ccc(C(=O)NC2CC3(C2)CC(c2nc4cc(Cl)ccc4o2)C3)o1. The molecule has 30 heavy (non-hydrogen) atoms. The average molecular weight is 450 g/mol. The van der Waals surface area contributed by atoms with E-state index < -0.39 is 15.9 Å². The molecule has 3 aromatic rings. The van der Waals surface area contributed by atoms with Crippen LogP contribution in [0.1, 0.15) is 48.0 Å². The molecular weight excluding hydrogens is 430 g/mol. The van der Waals surface area contributed by atoms with Crippen molar-refractivity contribution in [2.45, 2.75) is 42.7 Å². The van der Waals surface area contributed by atoms with Gasteiger partial charge >= 0.3 is 0 Å². The summed E-state index contributed by atoms with van der Waals surface area (Å²) in [4.78, 5) is 16.9. The third-order valence-electron chi connectivity index (χ3n) is 6.11. The number of aromatic nitrogens is 1. The number of fused-ring (bicyclic) bond motifs is 1. The van der Waals surface area contributed by atoms with E-state index in [1.165, 1.54) is 19.2 Å². The standard InChI is InChI=1S/C20H20ClN3O5S/c1-22-30(26,27)17-5-4-16(28-17)18(25)23-13-9-20(10-13)7-11(8-20)19-24-14-6-12(21)2-3-15(14)29-19/h2-6,11,13,22H,7-10H2,1H3,(H,23,25). The Morgan fingerprint density at radius 2 is 1.93 bits per heavy atom. The molecular formula is C20H20ClN3O5S. The van der Waals surface area contributed by atoms with Gasteiger partial charge in [-0.2, -0.15) is 0 Å². The minimum atomic E-state index is -3.71. The van der Waals surface area contributed by atoms with E-state index in [2.05, 4.69) is 15.0 Å². The van der Waals surface area contributed by atoms with Gasteiger partial charge in [-0.25, -0.2) is 18.1 Å². The first kappa shape index (κ1) is 19.6. The van der Waals surface area contributed by atoms with Crippen molar-refractivity contribution in [3.8, 4) is 0 Å². The highest BCUT2D eigenvalue weighted by Gasteiger charge is 2.54. The van der Waals surface area contributed by atoms with Crippen molar-refractivity contribution in [2.24, 2.45) is 5.41 Å². The molecule has 2 saturated carbocycles. The van der Waals surface area contributed by atoms with Crippen LogP contribution in [0.4, 0.5) is 0 Å². The number of furan rings is 1. The second-order valence-corrected chi connectivity index (χ2v) is 10.4. The quantitative estimate of drug-likeness (QED) is 0.616. The van der Waals surface area contributed by atoms with Crippen LogP contribution in [0.3, 0.4) is 0 Å². The summed E-state index contributed by atoms with van der Waals surface area (Å²) in [6.07, 6.45) is 3.71. The minimum Gasteiger partial charge on any atom is -0.440 e. The number of carbonyl (C=O) groups excluding carboxylic acids is 1. The fourth-order valence-corrected chi connectivity index (χ4v) is 5.43. The van der Waals surface area contributed by atoms with Gasteiger partial charge in [-0.3, -0.25) is 4.79 Å². The maximum atomic E-state index is 12.4. The number of sulfonamides is 1. The van der Waals surface area contributed by atoms with E-state index in [1.54, 1.807) is 12.1 Å². The molecule has 2 fully saturated rings. The predicted molar refractivity (Wildman–Crippen MR) is 109 cm³/mol. The van der Waals surface area contributed by atoms with Crippen LogP contribution in [0.2, 0.25) is 5.02 Å². The number of rotatable bonds is 5. The Hall–Kier alpha value is -2.36. The summed E-state index contributed by atoms with van der Waals surface area (Å²) in [5, 5.41) is 3.28. The first-order valence-corrected chi connectivity index (χ1v) is 11.5. The van der Waals surface area contributed by atoms with Gasteiger partial charge in [0.25, 0.3) is 15.9 Å². The molecule has 1 amide bonds. The summed E-state index contributed by atoms with van der Waals surface area (Å²) < 4.78 is 36.7. The van der Waals surface area contributed by atoms with Crippen LogP contribution in [0.5, 0.6) is 0 Å². The second-order valence-electron chi connectivity index (χ2n) is 8.17. The van der Waals surface area contributed by atoms with Gasteiger partial charge in [0.15, 0.2) is 17.2 Å². The molecule has 0 unspecified atom stereocenters. The number of hydrogen-bond donors (Lipinski definition) is 2. The predicted octanol–water partition coefficient (Wildman–Crippen LogP) is 3.44. The van der Waals surface area contributed by atoms with Crippen LogP contribution in [0.25, 0.3) is 11.1 Å². The normalized spacial score (nSPS) is 25.8. The lowest BCUT2D eigenvalue weighted by molar-refractivity contribution is -0.0256. The van der Waals surface area contributed by atoms with E-state index in [0.717, 1.165) is 42.7 Å².